The Balaban J connectivity index is 2.41. The zero-order valence-electron chi connectivity index (χ0n) is 8.71. The Bertz CT molecular complexity index is 475. The highest BCUT2D eigenvalue weighted by Gasteiger charge is 2.10. The molecule has 0 radical (unpaired) electrons. The first-order valence-corrected chi connectivity index (χ1v) is 5.81. The third kappa shape index (κ3) is 2.26. The second-order valence-electron chi connectivity index (χ2n) is 3.43. The Morgan fingerprint density at radius 3 is 2.73 bits per heavy atom. The van der Waals surface area contributed by atoms with Gasteiger partial charge < -0.3 is 5.73 Å². The summed E-state index contributed by atoms with van der Waals surface area (Å²) in [6.45, 7) is 2.74. The van der Waals surface area contributed by atoms with Gasteiger partial charge in [0.1, 0.15) is 0 Å². The molecule has 2 heteroatoms. The Morgan fingerprint density at radius 1 is 1.27 bits per heavy atom. The number of hydrogen-bond acceptors (Lipinski definition) is 2. The zero-order valence-corrected chi connectivity index (χ0v) is 9.53. The molecule has 1 heterocycles. The highest BCUT2D eigenvalue weighted by molar-refractivity contribution is 8.11. The van der Waals surface area contributed by atoms with Crippen molar-refractivity contribution in [2.75, 3.05) is 6.54 Å². The maximum absolute atomic E-state index is 5.60. The van der Waals surface area contributed by atoms with Crippen molar-refractivity contribution in [2.24, 2.45) is 5.73 Å². The largest absolute Gasteiger partial charge is 0.330 e. The monoisotopic (exact) mass is 215 g/mol. The molecule has 1 aromatic carbocycles. The minimum absolute atomic E-state index is 0.686. The van der Waals surface area contributed by atoms with Crippen molar-refractivity contribution in [2.45, 2.75) is 13.3 Å². The summed E-state index contributed by atoms with van der Waals surface area (Å²) in [6.07, 6.45) is 0.918. The van der Waals surface area contributed by atoms with E-state index in [1.165, 1.54) is 16.0 Å². The number of allylic oxidation sites excluding steroid dienone is 1. The molecule has 0 fully saturated rings. The average molecular weight is 215 g/mol. The van der Waals surface area contributed by atoms with Crippen LogP contribution in [0, 0.1) is 0 Å². The molecule has 1 aromatic rings. The molecule has 0 saturated heterocycles. The number of benzene rings is 1. The fourth-order valence-corrected chi connectivity index (χ4v) is 2.41. The van der Waals surface area contributed by atoms with E-state index in [9.17, 15) is 0 Å². The molecule has 0 bridgehead atoms. The molecule has 76 valence electrons. The van der Waals surface area contributed by atoms with Crippen LogP contribution in [0.15, 0.2) is 40.6 Å². The van der Waals surface area contributed by atoms with Gasteiger partial charge in [0.2, 0.25) is 0 Å². The number of nitrogens with two attached hydrogens (primary N) is 1. The summed E-state index contributed by atoms with van der Waals surface area (Å²) in [4.78, 5) is 2.34. The Hall–Kier alpha value is -1.17. The first kappa shape index (κ1) is 10.4. The van der Waals surface area contributed by atoms with E-state index in [2.05, 4.69) is 42.7 Å². The van der Waals surface area contributed by atoms with Crippen molar-refractivity contribution in [1.82, 2.24) is 0 Å². The minimum atomic E-state index is 0.686. The van der Waals surface area contributed by atoms with E-state index in [4.69, 9.17) is 5.73 Å². The highest BCUT2D eigenvalue weighted by atomic mass is 32.2. The van der Waals surface area contributed by atoms with E-state index in [0.29, 0.717) is 6.54 Å². The van der Waals surface area contributed by atoms with Crippen molar-refractivity contribution in [3.05, 3.63) is 51.8 Å². The Morgan fingerprint density at radius 2 is 2.07 bits per heavy atom. The van der Waals surface area contributed by atoms with Crippen molar-refractivity contribution >= 4 is 16.7 Å². The van der Waals surface area contributed by atoms with E-state index in [1.54, 1.807) is 11.8 Å². The van der Waals surface area contributed by atoms with Gasteiger partial charge in [0, 0.05) is 10.5 Å². The van der Waals surface area contributed by atoms with E-state index < -0.39 is 0 Å². The first-order chi connectivity index (χ1) is 7.31. The molecule has 2 rings (SSSR count). The molecule has 1 aliphatic rings. The third-order valence-electron chi connectivity index (χ3n) is 2.28. The van der Waals surface area contributed by atoms with Gasteiger partial charge in [0.25, 0.3) is 0 Å². The maximum atomic E-state index is 5.60. The summed E-state index contributed by atoms with van der Waals surface area (Å²) in [5.41, 5.74) is 14.4. The molecular formula is C13H13NS. The summed E-state index contributed by atoms with van der Waals surface area (Å²) >= 11 is 1.73. The van der Waals surface area contributed by atoms with Crippen molar-refractivity contribution < 1.29 is 0 Å². The van der Waals surface area contributed by atoms with Gasteiger partial charge in [-0.05, 0) is 25.5 Å². The lowest BCUT2D eigenvalue weighted by atomic mass is 10.0. The number of thioether (sulfide) groups is 1. The summed E-state index contributed by atoms with van der Waals surface area (Å²) in [7, 11) is 0. The van der Waals surface area contributed by atoms with E-state index in [1.807, 2.05) is 0 Å². The van der Waals surface area contributed by atoms with E-state index >= 15 is 0 Å². The quantitative estimate of drug-likeness (QED) is 0.784. The lowest BCUT2D eigenvalue weighted by molar-refractivity contribution is 0.966. The van der Waals surface area contributed by atoms with E-state index in [0.717, 1.165) is 11.3 Å². The molecule has 0 spiro atoms. The van der Waals surface area contributed by atoms with Gasteiger partial charge in [-0.1, -0.05) is 47.5 Å². The molecule has 0 aliphatic carbocycles. The molecule has 0 unspecified atom stereocenters. The van der Waals surface area contributed by atoms with Gasteiger partial charge in [-0.15, -0.1) is 0 Å². The fourth-order valence-electron chi connectivity index (χ4n) is 1.59. The van der Waals surface area contributed by atoms with Gasteiger partial charge >= 0.3 is 0 Å². The van der Waals surface area contributed by atoms with Crippen LogP contribution < -0.4 is 5.73 Å². The molecule has 1 aliphatic heterocycles. The summed E-state index contributed by atoms with van der Waals surface area (Å²) in [5.74, 6) is 0. The van der Waals surface area contributed by atoms with Crippen LogP contribution in [0.5, 0.6) is 0 Å². The predicted molar refractivity (Wildman–Crippen MR) is 66.4 cm³/mol. The molecular weight excluding hydrogens is 202 g/mol. The van der Waals surface area contributed by atoms with Crippen molar-refractivity contribution in [3.63, 3.8) is 0 Å². The van der Waals surface area contributed by atoms with Crippen LogP contribution in [0.3, 0.4) is 0 Å². The van der Waals surface area contributed by atoms with Gasteiger partial charge in [0.05, 0.1) is 4.91 Å². The van der Waals surface area contributed by atoms with Crippen molar-refractivity contribution in [1.29, 1.82) is 0 Å². The Labute approximate surface area is 94.4 Å². The summed E-state index contributed by atoms with van der Waals surface area (Å²) in [5, 5.41) is 0. The Kier molecular flexibility index (Phi) is 3.15. The molecule has 0 saturated carbocycles. The van der Waals surface area contributed by atoms with Crippen LogP contribution in [0.2, 0.25) is 0 Å². The van der Waals surface area contributed by atoms with Gasteiger partial charge in [-0.3, -0.25) is 0 Å². The minimum Gasteiger partial charge on any atom is -0.330 e. The molecule has 15 heavy (non-hydrogen) atoms. The molecule has 2 N–H and O–H groups in total. The van der Waals surface area contributed by atoms with Gasteiger partial charge in [0.15, 0.2) is 0 Å². The smallest absolute Gasteiger partial charge is 0.0703 e. The highest BCUT2D eigenvalue weighted by Crippen LogP contribution is 2.36. The molecule has 0 amide bonds. The zero-order chi connectivity index (χ0) is 10.7. The van der Waals surface area contributed by atoms with Crippen LogP contribution in [0.4, 0.5) is 0 Å². The first-order valence-electron chi connectivity index (χ1n) is 5.00. The lowest BCUT2D eigenvalue weighted by Crippen LogP contribution is -2.04. The number of hydrogen-bond donors (Lipinski definition) is 1. The van der Waals surface area contributed by atoms with Crippen LogP contribution >= 0.6 is 11.8 Å². The SMILES string of the molecule is CC1=C=C=C(c2ccccc2CCN)S1. The maximum Gasteiger partial charge on any atom is 0.0703 e. The standard InChI is InChI=1S/C13H13NS/c1-10-6-7-13(15-10)12-5-3-2-4-11(12)8-9-14/h2-5H,8-9,14H2,1H3. The molecule has 1 nitrogen and oxygen atoms in total. The van der Waals surface area contributed by atoms with Crippen LogP contribution in [0.25, 0.3) is 4.91 Å². The molecule has 0 atom stereocenters. The van der Waals surface area contributed by atoms with Crippen molar-refractivity contribution in [3.8, 4) is 0 Å². The lowest BCUT2D eigenvalue weighted by Gasteiger charge is -2.07. The summed E-state index contributed by atoms with van der Waals surface area (Å²) in [6, 6.07) is 8.36. The third-order valence-corrected chi connectivity index (χ3v) is 3.22. The van der Waals surface area contributed by atoms with Crippen LogP contribution in [-0.4, -0.2) is 6.54 Å². The normalized spacial score (nSPS) is 14.0. The predicted octanol–water partition coefficient (Wildman–Crippen LogP) is 2.93. The fraction of sp³-hybridized carbons (Fsp3) is 0.231. The van der Waals surface area contributed by atoms with Gasteiger partial charge in [-0.2, -0.15) is 0 Å². The van der Waals surface area contributed by atoms with Crippen LogP contribution in [-0.2, 0) is 6.42 Å². The topological polar surface area (TPSA) is 26.0 Å². The summed E-state index contributed by atoms with van der Waals surface area (Å²) < 4.78 is 0. The van der Waals surface area contributed by atoms with Gasteiger partial charge in [-0.25, -0.2) is 0 Å². The van der Waals surface area contributed by atoms with Crippen LogP contribution in [0.1, 0.15) is 18.1 Å². The number of rotatable bonds is 3. The molecule has 0 aromatic heterocycles. The second-order valence-corrected chi connectivity index (χ2v) is 4.66. The second kappa shape index (κ2) is 4.57. The average Bonchev–Trinajstić information content (AvgIpc) is 2.66. The van der Waals surface area contributed by atoms with E-state index in [-0.39, 0.29) is 0 Å².